The topological polar surface area (TPSA) is 39.2 Å². The zero-order chi connectivity index (χ0) is 16.4. The maximum atomic E-state index is 6.13. The molecule has 6 aromatic rings. The molecule has 0 saturated carbocycles. The fraction of sp³-hybridized carbons (Fsp3) is 0. The molecule has 3 aromatic heterocycles. The number of thiazole rings is 1. The molecule has 0 saturated heterocycles. The summed E-state index contributed by atoms with van der Waals surface area (Å²) in [6, 6.07) is 22.4. The molecule has 3 nitrogen and oxygen atoms in total. The highest BCUT2D eigenvalue weighted by Gasteiger charge is 2.17. The average Bonchev–Trinajstić information content (AvgIpc) is 3.31. The lowest BCUT2D eigenvalue weighted by molar-refractivity contribution is 0.656. The molecular formula is C21H11NO2S. The molecule has 0 fully saturated rings. The second kappa shape index (κ2) is 4.71. The van der Waals surface area contributed by atoms with E-state index >= 15 is 0 Å². The van der Waals surface area contributed by atoms with Crippen molar-refractivity contribution in [2.45, 2.75) is 0 Å². The summed E-state index contributed by atoms with van der Waals surface area (Å²) in [4.78, 5) is 4.73. The Morgan fingerprint density at radius 3 is 2.28 bits per heavy atom. The van der Waals surface area contributed by atoms with E-state index in [0.29, 0.717) is 5.71 Å². The summed E-state index contributed by atoms with van der Waals surface area (Å²) in [5.74, 6) is 0. The second-order valence-electron chi connectivity index (χ2n) is 6.03. The van der Waals surface area contributed by atoms with Crippen LogP contribution in [0.2, 0.25) is 0 Å². The van der Waals surface area contributed by atoms with Gasteiger partial charge in [-0.05, 0) is 24.3 Å². The van der Waals surface area contributed by atoms with Crippen LogP contribution in [0.25, 0.3) is 53.9 Å². The van der Waals surface area contributed by atoms with Crippen molar-refractivity contribution in [2.75, 3.05) is 0 Å². The summed E-state index contributed by atoms with van der Waals surface area (Å²) in [7, 11) is 0. The Hall–Kier alpha value is -3.11. The van der Waals surface area contributed by atoms with E-state index in [1.54, 1.807) is 11.3 Å². The Morgan fingerprint density at radius 1 is 0.680 bits per heavy atom. The van der Waals surface area contributed by atoms with E-state index in [2.05, 4.69) is 30.3 Å². The van der Waals surface area contributed by atoms with Crippen molar-refractivity contribution < 1.29 is 8.83 Å². The highest BCUT2D eigenvalue weighted by Crippen LogP contribution is 2.41. The predicted molar refractivity (Wildman–Crippen MR) is 102 cm³/mol. The van der Waals surface area contributed by atoms with Crippen LogP contribution in [0.4, 0.5) is 0 Å². The first-order chi connectivity index (χ1) is 12.4. The fourth-order valence-corrected chi connectivity index (χ4v) is 4.47. The zero-order valence-corrected chi connectivity index (χ0v) is 13.8. The van der Waals surface area contributed by atoms with Crippen LogP contribution in [-0.2, 0) is 0 Å². The van der Waals surface area contributed by atoms with Gasteiger partial charge in [-0.25, -0.2) is 4.98 Å². The number of aromatic nitrogens is 1. The van der Waals surface area contributed by atoms with Crippen molar-refractivity contribution in [1.29, 1.82) is 0 Å². The maximum Gasteiger partial charge on any atom is 0.238 e. The highest BCUT2D eigenvalue weighted by atomic mass is 32.1. The zero-order valence-electron chi connectivity index (χ0n) is 13.0. The quantitative estimate of drug-likeness (QED) is 0.338. The minimum Gasteiger partial charge on any atom is -0.455 e. The van der Waals surface area contributed by atoms with E-state index in [1.807, 2.05) is 36.4 Å². The van der Waals surface area contributed by atoms with Crippen LogP contribution >= 0.6 is 11.3 Å². The summed E-state index contributed by atoms with van der Waals surface area (Å²) in [6.07, 6.45) is 0. The van der Waals surface area contributed by atoms with Crippen molar-refractivity contribution in [1.82, 2.24) is 4.98 Å². The summed E-state index contributed by atoms with van der Waals surface area (Å²) >= 11 is 1.65. The Bertz CT molecular complexity index is 1400. The number of hydrogen-bond donors (Lipinski definition) is 0. The highest BCUT2D eigenvalue weighted by molar-refractivity contribution is 7.22. The Labute approximate surface area is 146 Å². The molecule has 0 atom stereocenters. The SMILES string of the molecule is c1ccc2c(c1)oc1c(-c3nc4oc5ccccc5c4s3)cccc12. The van der Waals surface area contributed by atoms with Crippen molar-refractivity contribution in [2.24, 2.45) is 0 Å². The first-order valence-electron chi connectivity index (χ1n) is 8.07. The van der Waals surface area contributed by atoms with Crippen LogP contribution in [0.15, 0.2) is 75.6 Å². The fourth-order valence-electron chi connectivity index (χ4n) is 3.42. The van der Waals surface area contributed by atoms with Crippen molar-refractivity contribution in [3.63, 3.8) is 0 Å². The molecule has 0 radical (unpaired) electrons. The molecular weight excluding hydrogens is 330 g/mol. The molecule has 25 heavy (non-hydrogen) atoms. The molecule has 0 spiro atoms. The van der Waals surface area contributed by atoms with Crippen molar-refractivity contribution in [3.05, 3.63) is 66.7 Å². The van der Waals surface area contributed by atoms with Gasteiger partial charge in [0.15, 0.2) is 0 Å². The van der Waals surface area contributed by atoms with Gasteiger partial charge < -0.3 is 8.83 Å². The molecule has 0 aliphatic carbocycles. The standard InChI is InChI=1S/C21H11NO2S/c1-3-10-16-12(6-1)13-8-5-9-15(18(13)23-16)21-22-20-19(25-21)14-7-2-4-11-17(14)24-20/h1-11H. The van der Waals surface area contributed by atoms with Gasteiger partial charge in [-0.15, -0.1) is 11.3 Å². The molecule has 0 aliphatic heterocycles. The molecule has 6 rings (SSSR count). The summed E-state index contributed by atoms with van der Waals surface area (Å²) in [6.45, 7) is 0. The lowest BCUT2D eigenvalue weighted by Gasteiger charge is -1.97. The lowest BCUT2D eigenvalue weighted by Crippen LogP contribution is -1.76. The van der Waals surface area contributed by atoms with E-state index < -0.39 is 0 Å². The first-order valence-corrected chi connectivity index (χ1v) is 8.89. The second-order valence-corrected chi connectivity index (χ2v) is 7.03. The monoisotopic (exact) mass is 341 g/mol. The molecule has 0 bridgehead atoms. The molecule has 3 aromatic carbocycles. The van der Waals surface area contributed by atoms with Gasteiger partial charge in [0, 0.05) is 16.2 Å². The minimum atomic E-state index is 0.689. The van der Waals surface area contributed by atoms with E-state index in [0.717, 1.165) is 48.2 Å². The third-order valence-electron chi connectivity index (χ3n) is 4.57. The molecule has 3 heterocycles. The Balaban J connectivity index is 1.67. The number of hydrogen-bond acceptors (Lipinski definition) is 4. The van der Waals surface area contributed by atoms with Gasteiger partial charge in [-0.1, -0.05) is 42.5 Å². The number of furan rings is 2. The van der Waals surface area contributed by atoms with Gasteiger partial charge in [-0.2, -0.15) is 0 Å². The van der Waals surface area contributed by atoms with E-state index in [-0.39, 0.29) is 0 Å². The van der Waals surface area contributed by atoms with Crippen LogP contribution in [0, 0.1) is 0 Å². The minimum absolute atomic E-state index is 0.689. The number of nitrogens with zero attached hydrogens (tertiary/aromatic N) is 1. The van der Waals surface area contributed by atoms with Gasteiger partial charge in [0.1, 0.15) is 26.5 Å². The molecule has 0 unspecified atom stereocenters. The third-order valence-corrected chi connectivity index (χ3v) is 5.67. The van der Waals surface area contributed by atoms with Crippen LogP contribution in [0.1, 0.15) is 0 Å². The van der Waals surface area contributed by atoms with Gasteiger partial charge >= 0.3 is 0 Å². The predicted octanol–water partition coefficient (Wildman–Crippen LogP) is 6.61. The largest absolute Gasteiger partial charge is 0.455 e. The van der Waals surface area contributed by atoms with Crippen LogP contribution in [0.5, 0.6) is 0 Å². The normalized spacial score (nSPS) is 12.0. The maximum absolute atomic E-state index is 6.13. The van der Waals surface area contributed by atoms with Crippen molar-refractivity contribution >= 4 is 54.7 Å². The van der Waals surface area contributed by atoms with Gasteiger partial charge in [0.25, 0.3) is 0 Å². The van der Waals surface area contributed by atoms with E-state index in [4.69, 9.17) is 13.8 Å². The Kier molecular flexibility index (Phi) is 2.49. The van der Waals surface area contributed by atoms with Gasteiger partial charge in [-0.3, -0.25) is 0 Å². The Morgan fingerprint density at radius 2 is 1.40 bits per heavy atom. The average molecular weight is 341 g/mol. The first kappa shape index (κ1) is 13.2. The van der Waals surface area contributed by atoms with Gasteiger partial charge in [0.05, 0.1) is 5.56 Å². The van der Waals surface area contributed by atoms with Crippen LogP contribution in [-0.4, -0.2) is 4.98 Å². The molecule has 118 valence electrons. The van der Waals surface area contributed by atoms with E-state index in [1.165, 1.54) is 0 Å². The third kappa shape index (κ3) is 1.77. The molecule has 0 amide bonds. The summed E-state index contributed by atoms with van der Waals surface area (Å²) < 4.78 is 13.1. The van der Waals surface area contributed by atoms with E-state index in [9.17, 15) is 0 Å². The van der Waals surface area contributed by atoms with Gasteiger partial charge in [0.2, 0.25) is 5.71 Å². The number of rotatable bonds is 1. The molecule has 4 heteroatoms. The number of fused-ring (bicyclic) bond motifs is 6. The van der Waals surface area contributed by atoms with Crippen LogP contribution in [0.3, 0.4) is 0 Å². The lowest BCUT2D eigenvalue weighted by atomic mass is 10.1. The summed E-state index contributed by atoms with van der Waals surface area (Å²) in [5.41, 5.74) is 4.35. The number of benzene rings is 3. The van der Waals surface area contributed by atoms with Crippen molar-refractivity contribution in [3.8, 4) is 10.6 Å². The molecule has 0 aliphatic rings. The molecule has 0 N–H and O–H groups in total. The van der Waals surface area contributed by atoms with Crippen LogP contribution < -0.4 is 0 Å². The smallest absolute Gasteiger partial charge is 0.238 e. The summed E-state index contributed by atoms with van der Waals surface area (Å²) in [5, 5.41) is 4.28. The number of para-hydroxylation sites is 3.